The molecule has 2 aromatic heterocycles. The van der Waals surface area contributed by atoms with Gasteiger partial charge in [0.25, 0.3) is 5.56 Å². The van der Waals surface area contributed by atoms with Crippen molar-refractivity contribution in [2.45, 2.75) is 37.8 Å². The lowest BCUT2D eigenvalue weighted by Crippen LogP contribution is -2.30. The van der Waals surface area contributed by atoms with Gasteiger partial charge in [-0.1, -0.05) is 0 Å². The molecule has 0 amide bonds. The van der Waals surface area contributed by atoms with Gasteiger partial charge in [0.1, 0.15) is 12.3 Å². The van der Waals surface area contributed by atoms with E-state index in [0.717, 1.165) is 6.42 Å². The van der Waals surface area contributed by atoms with Crippen LogP contribution >= 0.6 is 7.82 Å². The Balaban J connectivity index is 1.62. The van der Waals surface area contributed by atoms with Crippen LogP contribution in [0.4, 0.5) is 5.95 Å². The van der Waals surface area contributed by atoms with E-state index >= 15 is 0 Å². The molecule has 0 spiro atoms. The number of rotatable bonds is 4. The first kappa shape index (κ1) is 17.6. The number of aliphatic hydroxyl groups is 1. The zero-order chi connectivity index (χ0) is 18.5. The SMILES string of the molecule is O=c1c2ncn(C3CC(O)C(COP(=O)(O)O)O3)c2nc2n1CCCN2. The third kappa shape index (κ3) is 3.15. The minimum Gasteiger partial charge on any atom is -0.390 e. The van der Waals surface area contributed by atoms with Crippen molar-refractivity contribution in [2.24, 2.45) is 0 Å². The molecule has 3 atom stereocenters. The third-order valence-electron chi connectivity index (χ3n) is 4.45. The second kappa shape index (κ2) is 6.41. The molecule has 4 N–H and O–H groups in total. The highest BCUT2D eigenvalue weighted by Crippen LogP contribution is 2.38. The van der Waals surface area contributed by atoms with Crippen LogP contribution in [0.15, 0.2) is 11.1 Å². The molecule has 0 saturated carbocycles. The summed E-state index contributed by atoms with van der Waals surface area (Å²) < 4.78 is 23.9. The molecule has 1 fully saturated rings. The molecule has 26 heavy (non-hydrogen) atoms. The number of hydrogen-bond acceptors (Lipinski definition) is 8. The number of anilines is 1. The van der Waals surface area contributed by atoms with Gasteiger partial charge in [0.15, 0.2) is 11.2 Å². The molecule has 12 nitrogen and oxygen atoms in total. The van der Waals surface area contributed by atoms with E-state index in [2.05, 4.69) is 19.8 Å². The largest absolute Gasteiger partial charge is 0.469 e. The van der Waals surface area contributed by atoms with E-state index in [1.54, 1.807) is 0 Å². The molecule has 0 aromatic carbocycles. The number of nitrogens with zero attached hydrogens (tertiary/aromatic N) is 4. The topological polar surface area (TPSA) is 161 Å². The van der Waals surface area contributed by atoms with Crippen LogP contribution in [0.25, 0.3) is 11.2 Å². The Labute approximate surface area is 146 Å². The Morgan fingerprint density at radius 2 is 2.27 bits per heavy atom. The van der Waals surface area contributed by atoms with Crippen molar-refractivity contribution in [1.82, 2.24) is 19.1 Å². The van der Waals surface area contributed by atoms with Crippen molar-refractivity contribution in [1.29, 1.82) is 0 Å². The first-order valence-electron chi connectivity index (χ1n) is 8.08. The average molecular weight is 387 g/mol. The van der Waals surface area contributed by atoms with E-state index in [1.165, 1.54) is 15.5 Å². The Morgan fingerprint density at radius 3 is 3.04 bits per heavy atom. The molecule has 13 heteroatoms. The molecule has 4 rings (SSSR count). The van der Waals surface area contributed by atoms with Gasteiger partial charge < -0.3 is 24.9 Å². The van der Waals surface area contributed by atoms with Crippen LogP contribution in [0.3, 0.4) is 0 Å². The summed E-state index contributed by atoms with van der Waals surface area (Å²) in [7, 11) is -4.66. The summed E-state index contributed by atoms with van der Waals surface area (Å²) in [5.74, 6) is 0.454. The van der Waals surface area contributed by atoms with E-state index in [1.807, 2.05) is 0 Å². The van der Waals surface area contributed by atoms with E-state index in [0.29, 0.717) is 24.7 Å². The molecule has 4 heterocycles. The summed E-state index contributed by atoms with van der Waals surface area (Å²) in [6.45, 7) is 0.825. The van der Waals surface area contributed by atoms with Gasteiger partial charge in [-0.2, -0.15) is 4.98 Å². The van der Waals surface area contributed by atoms with Crippen LogP contribution in [-0.4, -0.2) is 59.4 Å². The van der Waals surface area contributed by atoms with Crippen molar-refractivity contribution in [2.75, 3.05) is 18.5 Å². The summed E-state index contributed by atoms with van der Waals surface area (Å²) in [5, 5.41) is 13.2. The number of aromatic nitrogens is 4. The first-order chi connectivity index (χ1) is 12.3. The lowest BCUT2D eigenvalue weighted by atomic mass is 10.2. The van der Waals surface area contributed by atoms with Crippen LogP contribution in [0.1, 0.15) is 19.1 Å². The maximum Gasteiger partial charge on any atom is 0.469 e. The van der Waals surface area contributed by atoms with Gasteiger partial charge in [0.05, 0.1) is 19.0 Å². The molecule has 0 bridgehead atoms. The van der Waals surface area contributed by atoms with Gasteiger partial charge in [-0.05, 0) is 6.42 Å². The molecule has 3 unspecified atom stereocenters. The van der Waals surface area contributed by atoms with E-state index in [9.17, 15) is 14.5 Å². The average Bonchev–Trinajstić information content (AvgIpc) is 3.16. The predicted molar refractivity (Wildman–Crippen MR) is 87.4 cm³/mol. The number of hydrogen-bond donors (Lipinski definition) is 4. The van der Waals surface area contributed by atoms with Gasteiger partial charge in [-0.3, -0.25) is 18.5 Å². The molecular weight excluding hydrogens is 369 g/mol. The minimum atomic E-state index is -4.66. The smallest absolute Gasteiger partial charge is 0.390 e. The predicted octanol–water partition coefficient (Wildman–Crippen LogP) is -0.834. The Kier molecular flexibility index (Phi) is 4.34. The van der Waals surface area contributed by atoms with Crippen LogP contribution in [0.2, 0.25) is 0 Å². The van der Waals surface area contributed by atoms with E-state index in [4.69, 9.17) is 14.5 Å². The lowest BCUT2D eigenvalue weighted by Gasteiger charge is -2.19. The fraction of sp³-hybridized carbons (Fsp3) is 0.615. The van der Waals surface area contributed by atoms with Gasteiger partial charge in [0, 0.05) is 19.5 Å². The Morgan fingerprint density at radius 1 is 1.46 bits per heavy atom. The minimum absolute atomic E-state index is 0.147. The van der Waals surface area contributed by atoms with Crippen LogP contribution in [-0.2, 0) is 20.4 Å². The second-order valence-corrected chi connectivity index (χ2v) is 7.45. The van der Waals surface area contributed by atoms with Crippen molar-refractivity contribution >= 4 is 24.9 Å². The number of ether oxygens (including phenoxy) is 1. The van der Waals surface area contributed by atoms with Gasteiger partial charge >= 0.3 is 7.82 Å². The van der Waals surface area contributed by atoms with E-state index < -0.39 is 32.9 Å². The fourth-order valence-corrected chi connectivity index (χ4v) is 3.54. The third-order valence-corrected chi connectivity index (χ3v) is 4.93. The summed E-state index contributed by atoms with van der Waals surface area (Å²) in [4.78, 5) is 38.7. The van der Waals surface area contributed by atoms with Crippen LogP contribution in [0, 0.1) is 0 Å². The summed E-state index contributed by atoms with van der Waals surface area (Å²) in [6, 6.07) is 0. The zero-order valence-corrected chi connectivity index (χ0v) is 14.5. The molecule has 2 aliphatic rings. The fourth-order valence-electron chi connectivity index (χ4n) is 3.20. The summed E-state index contributed by atoms with van der Waals surface area (Å²) in [6.07, 6.45) is -0.204. The molecule has 0 radical (unpaired) electrons. The highest BCUT2D eigenvalue weighted by Gasteiger charge is 2.37. The maximum absolute atomic E-state index is 12.6. The number of phosphoric acid groups is 1. The number of phosphoric ester groups is 1. The maximum atomic E-state index is 12.6. The van der Waals surface area contributed by atoms with Gasteiger partial charge in [-0.25, -0.2) is 9.55 Å². The Hall–Kier alpha value is -1.82. The number of nitrogens with one attached hydrogen (secondary N) is 1. The normalized spacial score (nSPS) is 26.0. The van der Waals surface area contributed by atoms with Crippen LogP contribution < -0.4 is 10.9 Å². The highest BCUT2D eigenvalue weighted by atomic mass is 31.2. The molecule has 1 saturated heterocycles. The standard InChI is InChI=1S/C13H18N5O7P/c19-7-4-9(25-8(7)5-24-26(21,22)23)18-6-15-10-11(18)16-13-14-2-1-3-17(13)12(10)20/h6-9,19H,1-5H2,(H,14,16)(H2,21,22,23). The second-order valence-electron chi connectivity index (χ2n) is 6.22. The van der Waals surface area contributed by atoms with E-state index in [-0.39, 0.29) is 17.5 Å². The van der Waals surface area contributed by atoms with Crippen molar-refractivity contribution in [3.05, 3.63) is 16.7 Å². The molecule has 142 valence electrons. The van der Waals surface area contributed by atoms with Crippen molar-refractivity contribution < 1.29 is 28.7 Å². The molecular formula is C13H18N5O7P. The van der Waals surface area contributed by atoms with Crippen LogP contribution in [0.5, 0.6) is 0 Å². The molecule has 2 aliphatic heterocycles. The number of fused-ring (bicyclic) bond motifs is 2. The monoisotopic (exact) mass is 387 g/mol. The number of aliphatic hydroxyl groups excluding tert-OH is 1. The number of imidazole rings is 1. The highest BCUT2D eigenvalue weighted by molar-refractivity contribution is 7.46. The van der Waals surface area contributed by atoms with Crippen molar-refractivity contribution in [3.8, 4) is 0 Å². The zero-order valence-electron chi connectivity index (χ0n) is 13.6. The Bertz CT molecular complexity index is 937. The summed E-state index contributed by atoms with van der Waals surface area (Å²) >= 11 is 0. The molecule has 2 aromatic rings. The van der Waals surface area contributed by atoms with Crippen molar-refractivity contribution in [3.63, 3.8) is 0 Å². The van der Waals surface area contributed by atoms with Gasteiger partial charge in [-0.15, -0.1) is 0 Å². The lowest BCUT2D eigenvalue weighted by molar-refractivity contribution is -0.0424. The molecule has 0 aliphatic carbocycles. The summed E-state index contributed by atoms with van der Waals surface area (Å²) in [5.41, 5.74) is 0.269. The van der Waals surface area contributed by atoms with Gasteiger partial charge in [0.2, 0.25) is 5.95 Å². The quantitative estimate of drug-likeness (QED) is 0.487. The first-order valence-corrected chi connectivity index (χ1v) is 9.61.